The molecule has 3 rings (SSSR count). The van der Waals surface area contributed by atoms with Gasteiger partial charge in [0.05, 0.1) is 4.91 Å². The first-order valence-electron chi connectivity index (χ1n) is 7.98. The van der Waals surface area contributed by atoms with Gasteiger partial charge < -0.3 is 0 Å². The van der Waals surface area contributed by atoms with E-state index in [1.165, 1.54) is 24.2 Å². The molecule has 2 fully saturated rings. The van der Waals surface area contributed by atoms with Gasteiger partial charge in [-0.1, -0.05) is 49.9 Å². The summed E-state index contributed by atoms with van der Waals surface area (Å²) in [7, 11) is 0. The molecule has 1 saturated heterocycles. The summed E-state index contributed by atoms with van der Waals surface area (Å²) in [6.07, 6.45) is 7.58. The molecule has 3 nitrogen and oxygen atoms in total. The van der Waals surface area contributed by atoms with Crippen LogP contribution in [0.1, 0.15) is 44.6 Å². The molecule has 2 amide bonds. The number of hydrogen-bond acceptors (Lipinski definition) is 3. The topological polar surface area (TPSA) is 37.4 Å². The Hall–Kier alpha value is -1.26. The Balaban J connectivity index is 1.75. The minimum absolute atomic E-state index is 0.0693. The molecule has 1 aliphatic carbocycles. The van der Waals surface area contributed by atoms with Crippen molar-refractivity contribution in [2.45, 2.75) is 39.0 Å². The van der Waals surface area contributed by atoms with Crippen molar-refractivity contribution in [1.29, 1.82) is 0 Å². The van der Waals surface area contributed by atoms with Crippen LogP contribution in [0.15, 0.2) is 29.2 Å². The van der Waals surface area contributed by atoms with Gasteiger partial charge in [0.15, 0.2) is 0 Å². The number of rotatable bonds is 3. The van der Waals surface area contributed by atoms with Crippen LogP contribution in [0.25, 0.3) is 6.08 Å². The smallest absolute Gasteiger partial charge is 0.268 e. The van der Waals surface area contributed by atoms with E-state index in [-0.39, 0.29) is 16.6 Å². The number of carbonyl (C=O) groups excluding carboxylic acids is 2. The summed E-state index contributed by atoms with van der Waals surface area (Å²) in [5.74, 6) is -0.165. The zero-order valence-electron chi connectivity index (χ0n) is 13.2. The van der Waals surface area contributed by atoms with Gasteiger partial charge in [0.2, 0.25) is 0 Å². The fourth-order valence-corrected chi connectivity index (χ4v) is 4.26. The van der Waals surface area contributed by atoms with Crippen molar-refractivity contribution < 1.29 is 9.59 Å². The second-order valence-corrected chi connectivity index (χ2v) is 8.12. The maximum Gasteiger partial charge on any atom is 0.293 e. The molecular weight excluding hydrogens is 330 g/mol. The van der Waals surface area contributed by atoms with Crippen LogP contribution < -0.4 is 0 Å². The van der Waals surface area contributed by atoms with Crippen LogP contribution in [-0.4, -0.2) is 22.6 Å². The highest BCUT2D eigenvalue weighted by Gasteiger charge is 2.40. The number of nitrogens with zero attached hydrogens (tertiary/aromatic N) is 1. The standard InChI is InChI=1S/C18H20ClNO2S/c1-18(9-3-2-4-10-18)12-20-16(21)15(23-17(20)22)11-13-5-7-14(19)8-6-13/h5-8,11H,2-4,9-10,12H2,1H3/b15-11-. The molecule has 0 N–H and O–H groups in total. The zero-order valence-corrected chi connectivity index (χ0v) is 14.8. The van der Waals surface area contributed by atoms with Crippen molar-refractivity contribution in [2.24, 2.45) is 5.41 Å². The average molecular weight is 350 g/mol. The Kier molecular flexibility index (Phi) is 4.83. The van der Waals surface area contributed by atoms with Crippen LogP contribution in [0, 0.1) is 5.41 Å². The van der Waals surface area contributed by atoms with Crippen LogP contribution >= 0.6 is 23.4 Å². The van der Waals surface area contributed by atoms with E-state index in [0.29, 0.717) is 16.5 Å². The van der Waals surface area contributed by atoms with E-state index in [2.05, 4.69) is 6.92 Å². The molecule has 0 spiro atoms. The third kappa shape index (κ3) is 3.81. The van der Waals surface area contributed by atoms with Gasteiger partial charge in [0.1, 0.15) is 0 Å². The van der Waals surface area contributed by atoms with Gasteiger partial charge in [0, 0.05) is 11.6 Å². The van der Waals surface area contributed by atoms with Crippen LogP contribution in [-0.2, 0) is 4.79 Å². The highest BCUT2D eigenvalue weighted by molar-refractivity contribution is 8.18. The molecule has 23 heavy (non-hydrogen) atoms. The van der Waals surface area contributed by atoms with Crippen molar-refractivity contribution in [3.63, 3.8) is 0 Å². The molecule has 0 atom stereocenters. The van der Waals surface area contributed by atoms with E-state index >= 15 is 0 Å². The minimum atomic E-state index is -0.165. The average Bonchev–Trinajstić information content (AvgIpc) is 2.78. The van der Waals surface area contributed by atoms with E-state index < -0.39 is 0 Å². The maximum absolute atomic E-state index is 12.6. The summed E-state index contributed by atoms with van der Waals surface area (Å²) in [5, 5.41) is 0.502. The largest absolute Gasteiger partial charge is 0.293 e. The molecule has 1 aromatic rings. The first-order chi connectivity index (χ1) is 11.0. The first kappa shape index (κ1) is 16.6. The van der Waals surface area contributed by atoms with E-state index in [1.54, 1.807) is 18.2 Å². The lowest BCUT2D eigenvalue weighted by Gasteiger charge is -2.35. The van der Waals surface area contributed by atoms with Crippen molar-refractivity contribution in [1.82, 2.24) is 4.90 Å². The van der Waals surface area contributed by atoms with E-state index in [4.69, 9.17) is 11.6 Å². The van der Waals surface area contributed by atoms with Crippen LogP contribution in [0.3, 0.4) is 0 Å². The predicted molar refractivity (Wildman–Crippen MR) is 95.3 cm³/mol. The molecule has 122 valence electrons. The van der Waals surface area contributed by atoms with Gasteiger partial charge in [-0.05, 0) is 53.8 Å². The number of carbonyl (C=O) groups is 2. The summed E-state index contributed by atoms with van der Waals surface area (Å²) in [6, 6.07) is 7.25. The van der Waals surface area contributed by atoms with Crippen molar-refractivity contribution >= 4 is 40.6 Å². The summed E-state index contributed by atoms with van der Waals surface area (Å²) < 4.78 is 0. The Labute approximate surface area is 146 Å². The molecule has 1 aromatic carbocycles. The van der Waals surface area contributed by atoms with Gasteiger partial charge in [-0.3, -0.25) is 14.5 Å². The Bertz CT molecular complexity index is 647. The first-order valence-corrected chi connectivity index (χ1v) is 9.17. The van der Waals surface area contributed by atoms with Crippen LogP contribution in [0.4, 0.5) is 4.79 Å². The second-order valence-electron chi connectivity index (χ2n) is 6.69. The summed E-state index contributed by atoms with van der Waals surface area (Å²) in [4.78, 5) is 26.8. The molecule has 0 unspecified atom stereocenters. The SMILES string of the molecule is CC1(CN2C(=O)S/C(=C\c3ccc(Cl)cc3)C2=O)CCCCC1. The number of halogens is 1. The predicted octanol–water partition coefficient (Wildman–Crippen LogP) is 5.35. The fourth-order valence-electron chi connectivity index (χ4n) is 3.29. The Morgan fingerprint density at radius 1 is 1.17 bits per heavy atom. The fraction of sp³-hybridized carbons (Fsp3) is 0.444. The van der Waals surface area contributed by atoms with Crippen LogP contribution in [0.5, 0.6) is 0 Å². The number of hydrogen-bond donors (Lipinski definition) is 0. The van der Waals surface area contributed by atoms with E-state index in [0.717, 1.165) is 30.2 Å². The molecular formula is C18H20ClNO2S. The van der Waals surface area contributed by atoms with Gasteiger partial charge in [-0.25, -0.2) is 0 Å². The lowest BCUT2D eigenvalue weighted by Crippen LogP contribution is -2.39. The summed E-state index contributed by atoms with van der Waals surface area (Å²) in [6.45, 7) is 2.73. The van der Waals surface area contributed by atoms with E-state index in [9.17, 15) is 9.59 Å². The maximum atomic E-state index is 12.6. The van der Waals surface area contributed by atoms with Gasteiger partial charge >= 0.3 is 0 Å². The summed E-state index contributed by atoms with van der Waals surface area (Å²) in [5.41, 5.74) is 0.948. The number of thioether (sulfide) groups is 1. The van der Waals surface area contributed by atoms with Crippen LogP contribution in [0.2, 0.25) is 5.02 Å². The molecule has 2 aliphatic rings. The van der Waals surface area contributed by atoms with Crippen molar-refractivity contribution in [3.05, 3.63) is 39.8 Å². The third-order valence-electron chi connectivity index (χ3n) is 4.64. The number of amides is 2. The lowest BCUT2D eigenvalue weighted by atomic mass is 9.75. The highest BCUT2D eigenvalue weighted by Crippen LogP contribution is 2.40. The highest BCUT2D eigenvalue weighted by atomic mass is 35.5. The molecule has 1 saturated carbocycles. The molecule has 0 aromatic heterocycles. The third-order valence-corrected chi connectivity index (χ3v) is 5.80. The minimum Gasteiger partial charge on any atom is -0.268 e. The molecule has 0 bridgehead atoms. The van der Waals surface area contributed by atoms with Gasteiger partial charge in [-0.2, -0.15) is 0 Å². The summed E-state index contributed by atoms with van der Waals surface area (Å²) >= 11 is 6.91. The number of imide groups is 1. The zero-order chi connectivity index (χ0) is 16.4. The van der Waals surface area contributed by atoms with Gasteiger partial charge in [-0.15, -0.1) is 0 Å². The number of benzene rings is 1. The van der Waals surface area contributed by atoms with Crippen molar-refractivity contribution in [2.75, 3.05) is 6.54 Å². The Morgan fingerprint density at radius 2 is 1.83 bits per heavy atom. The Morgan fingerprint density at radius 3 is 2.48 bits per heavy atom. The molecule has 1 heterocycles. The monoisotopic (exact) mass is 349 g/mol. The molecule has 1 aliphatic heterocycles. The van der Waals surface area contributed by atoms with Gasteiger partial charge in [0.25, 0.3) is 11.1 Å². The quantitative estimate of drug-likeness (QED) is 0.690. The normalized spacial score (nSPS) is 22.9. The second kappa shape index (κ2) is 6.70. The van der Waals surface area contributed by atoms with Crippen molar-refractivity contribution in [3.8, 4) is 0 Å². The lowest BCUT2D eigenvalue weighted by molar-refractivity contribution is -0.124. The molecule has 0 radical (unpaired) electrons. The molecule has 5 heteroatoms. The van der Waals surface area contributed by atoms with E-state index in [1.807, 2.05) is 12.1 Å².